The number of nitrogens with one attached hydrogen (secondary N) is 1. The maximum absolute atomic E-state index is 11.5. The molecule has 0 spiro atoms. The van der Waals surface area contributed by atoms with Gasteiger partial charge in [0.1, 0.15) is 12.5 Å². The second-order valence-corrected chi connectivity index (χ2v) is 3.38. The molecule has 18 heavy (non-hydrogen) atoms. The van der Waals surface area contributed by atoms with Crippen molar-refractivity contribution in [1.29, 1.82) is 0 Å². The number of carbonyl (C=O) groups is 2. The van der Waals surface area contributed by atoms with Gasteiger partial charge in [-0.25, -0.2) is 4.79 Å². The summed E-state index contributed by atoms with van der Waals surface area (Å²) in [6.45, 7) is 3.65. The molecular formula is C12H20N2O4. The van der Waals surface area contributed by atoms with Crippen molar-refractivity contribution in [2.24, 2.45) is 0 Å². The number of carbonyl (C=O) groups excluding carboxylic acids is 2. The number of hydrogen-bond donors (Lipinski definition) is 2. The van der Waals surface area contributed by atoms with E-state index in [4.69, 9.17) is 9.84 Å². The number of aliphatic hydroxyl groups is 1. The molecule has 102 valence electrons. The first-order valence-electron chi connectivity index (χ1n) is 5.57. The minimum atomic E-state index is -0.334. The van der Waals surface area contributed by atoms with E-state index in [0.29, 0.717) is 6.29 Å². The van der Waals surface area contributed by atoms with Crippen LogP contribution < -0.4 is 5.32 Å². The molecule has 0 aromatic carbocycles. The Morgan fingerprint density at radius 3 is 2.61 bits per heavy atom. The minimum Gasteiger partial charge on any atom is -0.400 e. The summed E-state index contributed by atoms with van der Waals surface area (Å²) < 4.78 is 5.57. The SMILES string of the molecule is C=C[C@@H]1CCC(N(/C=C\C=O)C(=O)NC)O1.CO. The van der Waals surface area contributed by atoms with Gasteiger partial charge < -0.3 is 15.2 Å². The summed E-state index contributed by atoms with van der Waals surface area (Å²) in [6.07, 6.45) is 6.22. The standard InChI is InChI=1S/C11H16N2O3.CH4O/c1-3-9-5-6-10(16-9)13(7-4-8-14)11(15)12-2;1-2/h3-4,7-10H,1,5-6H2,2H3,(H,12,15);2H,1H3/b7-4-;/t9-,10?;/m1./s1. The van der Waals surface area contributed by atoms with Gasteiger partial charge in [0.15, 0.2) is 0 Å². The van der Waals surface area contributed by atoms with E-state index in [2.05, 4.69) is 11.9 Å². The summed E-state index contributed by atoms with van der Waals surface area (Å²) in [6, 6.07) is -0.298. The van der Waals surface area contributed by atoms with Gasteiger partial charge in [-0.3, -0.25) is 9.69 Å². The van der Waals surface area contributed by atoms with Crippen molar-refractivity contribution in [1.82, 2.24) is 10.2 Å². The van der Waals surface area contributed by atoms with Crippen molar-refractivity contribution in [2.75, 3.05) is 14.2 Å². The highest BCUT2D eigenvalue weighted by atomic mass is 16.5. The van der Waals surface area contributed by atoms with E-state index in [9.17, 15) is 9.59 Å². The van der Waals surface area contributed by atoms with Crippen molar-refractivity contribution in [3.8, 4) is 0 Å². The topological polar surface area (TPSA) is 78.9 Å². The van der Waals surface area contributed by atoms with Gasteiger partial charge in [-0.1, -0.05) is 6.08 Å². The van der Waals surface area contributed by atoms with E-state index in [1.54, 1.807) is 6.08 Å². The molecule has 1 heterocycles. The molecule has 0 aliphatic carbocycles. The van der Waals surface area contributed by atoms with Crippen LogP contribution in [0.15, 0.2) is 24.9 Å². The van der Waals surface area contributed by atoms with E-state index in [0.717, 1.165) is 20.0 Å². The van der Waals surface area contributed by atoms with Crippen LogP contribution in [0.4, 0.5) is 4.79 Å². The van der Waals surface area contributed by atoms with Crippen molar-refractivity contribution < 1.29 is 19.4 Å². The fourth-order valence-corrected chi connectivity index (χ4v) is 1.57. The number of hydrogen-bond acceptors (Lipinski definition) is 4. The number of aldehydes is 1. The normalized spacial score (nSPS) is 21.9. The third kappa shape index (κ3) is 4.68. The Balaban J connectivity index is 0.00000137. The van der Waals surface area contributed by atoms with Gasteiger partial charge in [-0.2, -0.15) is 0 Å². The lowest BCUT2D eigenvalue weighted by molar-refractivity contribution is -0.104. The van der Waals surface area contributed by atoms with Crippen molar-refractivity contribution in [2.45, 2.75) is 25.2 Å². The zero-order valence-electron chi connectivity index (χ0n) is 10.7. The molecule has 0 radical (unpaired) electrons. The Labute approximate surface area is 107 Å². The highest BCUT2D eigenvalue weighted by Crippen LogP contribution is 2.23. The molecule has 0 bridgehead atoms. The number of ether oxygens (including phenoxy) is 1. The van der Waals surface area contributed by atoms with Gasteiger partial charge in [-0.05, 0) is 18.9 Å². The van der Waals surface area contributed by atoms with E-state index in [1.807, 2.05) is 0 Å². The first-order chi connectivity index (χ1) is 8.72. The lowest BCUT2D eigenvalue weighted by Crippen LogP contribution is -2.41. The molecule has 2 N–H and O–H groups in total. The number of allylic oxidation sites excluding steroid dienone is 1. The monoisotopic (exact) mass is 256 g/mol. The molecule has 1 fully saturated rings. The molecular weight excluding hydrogens is 236 g/mol. The summed E-state index contributed by atoms with van der Waals surface area (Å²) in [5.41, 5.74) is 0. The average molecular weight is 256 g/mol. The first kappa shape index (κ1) is 16.3. The lowest BCUT2D eigenvalue weighted by Gasteiger charge is -2.24. The molecule has 0 aromatic rings. The molecule has 2 atom stereocenters. The number of nitrogens with zero attached hydrogens (tertiary/aromatic N) is 1. The molecule has 1 unspecified atom stereocenters. The Hall–Kier alpha value is -1.66. The molecule has 1 aliphatic heterocycles. The zero-order valence-corrected chi connectivity index (χ0v) is 10.7. The quantitative estimate of drug-likeness (QED) is 0.439. The summed E-state index contributed by atoms with van der Waals surface area (Å²) in [4.78, 5) is 23.2. The third-order valence-electron chi connectivity index (χ3n) is 2.38. The molecule has 0 saturated carbocycles. The molecule has 6 nitrogen and oxygen atoms in total. The Bertz CT molecular complexity index is 304. The van der Waals surface area contributed by atoms with E-state index >= 15 is 0 Å². The van der Waals surface area contributed by atoms with Crippen molar-refractivity contribution in [3.63, 3.8) is 0 Å². The molecule has 1 saturated heterocycles. The first-order valence-corrected chi connectivity index (χ1v) is 5.57. The number of urea groups is 1. The van der Waals surface area contributed by atoms with E-state index < -0.39 is 0 Å². The molecule has 1 rings (SSSR count). The highest BCUT2D eigenvalue weighted by Gasteiger charge is 2.29. The van der Waals surface area contributed by atoms with Gasteiger partial charge in [0.2, 0.25) is 0 Å². The van der Waals surface area contributed by atoms with Crippen LogP contribution in [-0.2, 0) is 9.53 Å². The summed E-state index contributed by atoms with van der Waals surface area (Å²) in [7, 11) is 2.53. The van der Waals surface area contributed by atoms with Gasteiger partial charge in [0.05, 0.1) is 6.10 Å². The largest absolute Gasteiger partial charge is 0.400 e. The van der Waals surface area contributed by atoms with E-state index in [-0.39, 0.29) is 18.4 Å². The van der Waals surface area contributed by atoms with Gasteiger partial charge in [0.25, 0.3) is 0 Å². The Kier molecular flexibility index (Phi) is 8.51. The fraction of sp³-hybridized carbons (Fsp3) is 0.500. The Morgan fingerprint density at radius 2 is 2.17 bits per heavy atom. The van der Waals surface area contributed by atoms with Crippen LogP contribution >= 0.6 is 0 Å². The molecule has 0 aromatic heterocycles. The van der Waals surface area contributed by atoms with Crippen LogP contribution in [0, 0.1) is 0 Å². The minimum absolute atomic E-state index is 0.0261. The summed E-state index contributed by atoms with van der Waals surface area (Å²) in [5, 5.41) is 9.50. The number of rotatable bonds is 4. The zero-order chi connectivity index (χ0) is 14.0. The van der Waals surface area contributed by atoms with Crippen molar-refractivity contribution >= 4 is 12.3 Å². The van der Waals surface area contributed by atoms with Gasteiger partial charge >= 0.3 is 6.03 Å². The summed E-state index contributed by atoms with van der Waals surface area (Å²) in [5.74, 6) is 0. The predicted octanol–water partition coefficient (Wildman–Crippen LogP) is 0.640. The molecule has 6 heteroatoms. The number of amides is 2. The second-order valence-electron chi connectivity index (χ2n) is 3.38. The smallest absolute Gasteiger partial charge is 0.323 e. The average Bonchev–Trinajstić information content (AvgIpc) is 2.90. The summed E-state index contributed by atoms with van der Waals surface area (Å²) >= 11 is 0. The van der Waals surface area contributed by atoms with Crippen LogP contribution in [-0.4, -0.2) is 48.8 Å². The lowest BCUT2D eigenvalue weighted by atomic mass is 10.2. The van der Waals surface area contributed by atoms with Crippen LogP contribution in [0.5, 0.6) is 0 Å². The maximum atomic E-state index is 11.5. The van der Waals surface area contributed by atoms with E-state index in [1.165, 1.54) is 24.2 Å². The highest BCUT2D eigenvalue weighted by molar-refractivity contribution is 5.76. The van der Waals surface area contributed by atoms with Crippen molar-refractivity contribution in [3.05, 3.63) is 24.9 Å². The van der Waals surface area contributed by atoms with Gasteiger partial charge in [0, 0.05) is 20.4 Å². The molecule has 2 amide bonds. The van der Waals surface area contributed by atoms with Crippen LogP contribution in [0.3, 0.4) is 0 Å². The second kappa shape index (κ2) is 9.38. The third-order valence-corrected chi connectivity index (χ3v) is 2.38. The maximum Gasteiger partial charge on any atom is 0.323 e. The Morgan fingerprint density at radius 1 is 1.50 bits per heavy atom. The van der Waals surface area contributed by atoms with Crippen LogP contribution in [0.25, 0.3) is 0 Å². The van der Waals surface area contributed by atoms with Crippen LogP contribution in [0.1, 0.15) is 12.8 Å². The fourth-order valence-electron chi connectivity index (χ4n) is 1.57. The molecule has 1 aliphatic rings. The van der Waals surface area contributed by atoms with Gasteiger partial charge in [-0.15, -0.1) is 6.58 Å². The van der Waals surface area contributed by atoms with Crippen LogP contribution in [0.2, 0.25) is 0 Å². The number of aliphatic hydroxyl groups excluding tert-OH is 1. The predicted molar refractivity (Wildman–Crippen MR) is 67.7 cm³/mol.